The van der Waals surface area contributed by atoms with E-state index in [-0.39, 0.29) is 0 Å². The summed E-state index contributed by atoms with van der Waals surface area (Å²) in [4.78, 5) is 0. The number of hydrogen-bond acceptors (Lipinski definition) is 4. The van der Waals surface area contributed by atoms with Crippen molar-refractivity contribution < 1.29 is 9.47 Å². The number of aromatic nitrogens is 2. The third kappa shape index (κ3) is 2.90. The number of hydrogen-bond donors (Lipinski definition) is 2. The van der Waals surface area contributed by atoms with Gasteiger partial charge in [0.05, 0.1) is 17.6 Å². The maximum atomic E-state index is 6.09. The van der Waals surface area contributed by atoms with Crippen molar-refractivity contribution in [2.24, 2.45) is 0 Å². The Bertz CT molecular complexity index is 863. The van der Waals surface area contributed by atoms with E-state index in [1.807, 2.05) is 48.7 Å². The number of aromatic amines is 1. The van der Waals surface area contributed by atoms with Crippen LogP contribution in [-0.2, 0) is 6.54 Å². The quantitative estimate of drug-likeness (QED) is 0.749. The normalized spacial score (nSPS) is 12.9. The van der Waals surface area contributed by atoms with Crippen LogP contribution in [0.15, 0.2) is 48.7 Å². The topological polar surface area (TPSA) is 59.2 Å². The number of ether oxygens (including phenoxy) is 2. The summed E-state index contributed by atoms with van der Waals surface area (Å²) in [6.07, 6.45) is 1.82. The van der Waals surface area contributed by atoms with Gasteiger partial charge in [0.15, 0.2) is 11.5 Å². The number of para-hydroxylation sites is 1. The lowest BCUT2D eigenvalue weighted by Gasteiger charge is -2.21. The van der Waals surface area contributed by atoms with Gasteiger partial charge in [0.2, 0.25) is 0 Å². The molecule has 1 aliphatic rings. The van der Waals surface area contributed by atoms with Gasteiger partial charge in [0, 0.05) is 22.7 Å². The van der Waals surface area contributed by atoms with Crippen LogP contribution in [0.25, 0.3) is 11.3 Å². The minimum atomic E-state index is 0.561. The Morgan fingerprint density at radius 3 is 2.92 bits per heavy atom. The highest BCUT2D eigenvalue weighted by Gasteiger charge is 2.16. The number of halogens is 1. The smallest absolute Gasteiger partial charge is 0.184 e. The molecule has 3 aromatic rings. The molecule has 24 heavy (non-hydrogen) atoms. The lowest BCUT2D eigenvalue weighted by atomic mass is 10.1. The molecule has 6 heteroatoms. The first kappa shape index (κ1) is 14.9. The largest absolute Gasteiger partial charge is 0.486 e. The zero-order chi connectivity index (χ0) is 16.4. The van der Waals surface area contributed by atoms with Crippen LogP contribution < -0.4 is 14.8 Å². The van der Waals surface area contributed by atoms with Crippen molar-refractivity contribution in [2.45, 2.75) is 6.54 Å². The first-order valence-electron chi connectivity index (χ1n) is 7.72. The molecule has 0 spiro atoms. The van der Waals surface area contributed by atoms with Crippen LogP contribution >= 0.6 is 11.6 Å². The van der Waals surface area contributed by atoms with E-state index >= 15 is 0 Å². The number of anilines is 1. The van der Waals surface area contributed by atoms with Crippen molar-refractivity contribution >= 4 is 17.3 Å². The van der Waals surface area contributed by atoms with E-state index < -0.39 is 0 Å². The molecule has 0 aliphatic carbocycles. The van der Waals surface area contributed by atoms with Crippen molar-refractivity contribution in [3.05, 3.63) is 59.2 Å². The monoisotopic (exact) mass is 341 g/mol. The third-order valence-electron chi connectivity index (χ3n) is 3.87. The predicted octanol–water partition coefficient (Wildman–Crippen LogP) is 4.11. The number of fused-ring (bicyclic) bond motifs is 1. The zero-order valence-electron chi connectivity index (χ0n) is 12.9. The van der Waals surface area contributed by atoms with Crippen LogP contribution in [0.4, 0.5) is 5.69 Å². The molecular weight excluding hydrogens is 326 g/mol. The van der Waals surface area contributed by atoms with Crippen molar-refractivity contribution in [1.82, 2.24) is 10.2 Å². The Morgan fingerprint density at radius 2 is 2.00 bits per heavy atom. The molecular formula is C18H16ClN3O2. The molecule has 0 bridgehead atoms. The third-order valence-corrected chi connectivity index (χ3v) is 4.10. The molecule has 1 aromatic heterocycles. The minimum Gasteiger partial charge on any atom is -0.486 e. The molecule has 2 heterocycles. The van der Waals surface area contributed by atoms with Crippen molar-refractivity contribution in [1.29, 1.82) is 0 Å². The molecule has 2 N–H and O–H groups in total. The maximum absolute atomic E-state index is 6.09. The fourth-order valence-electron chi connectivity index (χ4n) is 2.74. The highest BCUT2D eigenvalue weighted by atomic mass is 35.5. The average molecular weight is 342 g/mol. The second-order valence-corrected chi connectivity index (χ2v) is 5.90. The minimum absolute atomic E-state index is 0.561. The lowest BCUT2D eigenvalue weighted by Crippen LogP contribution is -2.16. The molecule has 0 fully saturated rings. The summed E-state index contributed by atoms with van der Waals surface area (Å²) in [5.41, 5.74) is 3.91. The molecule has 0 atom stereocenters. The molecule has 0 saturated carbocycles. The van der Waals surface area contributed by atoms with Crippen molar-refractivity contribution in [3.63, 3.8) is 0 Å². The van der Waals surface area contributed by atoms with E-state index in [0.29, 0.717) is 24.8 Å². The van der Waals surface area contributed by atoms with Gasteiger partial charge in [-0.1, -0.05) is 29.8 Å². The standard InChI is InChI=1S/C18H16ClN3O2/c19-14-4-1-3-12(9-14)17-13(11-21-22-17)10-20-15-5-2-6-16-18(15)24-8-7-23-16/h1-6,9,11,20H,7-8,10H2,(H,21,22). The Balaban J connectivity index is 1.57. The molecule has 0 unspecified atom stereocenters. The Hall–Kier alpha value is -2.66. The van der Waals surface area contributed by atoms with Gasteiger partial charge in [-0.3, -0.25) is 5.10 Å². The Labute approximate surface area is 144 Å². The second-order valence-electron chi connectivity index (χ2n) is 5.46. The van der Waals surface area contributed by atoms with Crippen LogP contribution in [-0.4, -0.2) is 23.4 Å². The van der Waals surface area contributed by atoms with Gasteiger partial charge in [-0.05, 0) is 24.3 Å². The first-order valence-corrected chi connectivity index (χ1v) is 8.10. The SMILES string of the molecule is Clc1cccc(-c2[nH]ncc2CNc2cccc3c2OCCO3)c1. The molecule has 0 amide bonds. The Morgan fingerprint density at radius 1 is 1.12 bits per heavy atom. The van der Waals surface area contributed by atoms with Crippen molar-refractivity contribution in [2.75, 3.05) is 18.5 Å². The fourth-order valence-corrected chi connectivity index (χ4v) is 2.93. The molecule has 0 saturated heterocycles. The van der Waals surface area contributed by atoms with Gasteiger partial charge in [0.25, 0.3) is 0 Å². The summed E-state index contributed by atoms with van der Waals surface area (Å²) in [5, 5.41) is 11.3. The lowest BCUT2D eigenvalue weighted by molar-refractivity contribution is 0.172. The molecule has 2 aromatic carbocycles. The van der Waals surface area contributed by atoms with E-state index in [1.165, 1.54) is 0 Å². The summed E-state index contributed by atoms with van der Waals surface area (Å²) in [6.45, 7) is 1.75. The van der Waals surface area contributed by atoms with Gasteiger partial charge >= 0.3 is 0 Å². The highest BCUT2D eigenvalue weighted by Crippen LogP contribution is 2.37. The molecule has 5 nitrogen and oxygen atoms in total. The molecule has 122 valence electrons. The van der Waals surface area contributed by atoms with Crippen molar-refractivity contribution in [3.8, 4) is 22.8 Å². The summed E-state index contributed by atoms with van der Waals surface area (Å²) >= 11 is 6.09. The zero-order valence-corrected chi connectivity index (χ0v) is 13.6. The fraction of sp³-hybridized carbons (Fsp3) is 0.167. The highest BCUT2D eigenvalue weighted by molar-refractivity contribution is 6.30. The van der Waals surface area contributed by atoms with Gasteiger partial charge in [-0.2, -0.15) is 5.10 Å². The van der Waals surface area contributed by atoms with Crippen LogP contribution in [0.1, 0.15) is 5.56 Å². The number of nitrogens with one attached hydrogen (secondary N) is 2. The molecule has 1 aliphatic heterocycles. The maximum Gasteiger partial charge on any atom is 0.184 e. The van der Waals surface area contributed by atoms with Gasteiger partial charge < -0.3 is 14.8 Å². The molecule has 0 radical (unpaired) electrons. The first-order chi connectivity index (χ1) is 11.8. The van der Waals surface area contributed by atoms with E-state index in [2.05, 4.69) is 15.5 Å². The Kier molecular flexibility index (Phi) is 4.01. The van der Waals surface area contributed by atoms with E-state index in [4.69, 9.17) is 21.1 Å². The molecule has 4 rings (SSSR count). The van der Waals surface area contributed by atoms with Crippen LogP contribution in [0.5, 0.6) is 11.5 Å². The van der Waals surface area contributed by atoms with E-state index in [9.17, 15) is 0 Å². The predicted molar refractivity (Wildman–Crippen MR) is 93.8 cm³/mol. The van der Waals surface area contributed by atoms with Crippen LogP contribution in [0.2, 0.25) is 5.02 Å². The van der Waals surface area contributed by atoms with Gasteiger partial charge in [-0.15, -0.1) is 0 Å². The van der Waals surface area contributed by atoms with Gasteiger partial charge in [0.1, 0.15) is 13.2 Å². The van der Waals surface area contributed by atoms with Gasteiger partial charge in [-0.25, -0.2) is 0 Å². The van der Waals surface area contributed by atoms with Crippen LogP contribution in [0.3, 0.4) is 0 Å². The van der Waals surface area contributed by atoms with E-state index in [1.54, 1.807) is 0 Å². The second kappa shape index (κ2) is 6.45. The number of benzene rings is 2. The van der Waals surface area contributed by atoms with Crippen LogP contribution in [0, 0.1) is 0 Å². The number of H-pyrrole nitrogens is 1. The number of rotatable bonds is 4. The van der Waals surface area contributed by atoms with E-state index in [0.717, 1.165) is 34.0 Å². The summed E-state index contributed by atoms with van der Waals surface area (Å²) in [7, 11) is 0. The summed E-state index contributed by atoms with van der Waals surface area (Å²) < 4.78 is 11.3. The summed E-state index contributed by atoms with van der Waals surface area (Å²) in [6, 6.07) is 13.5. The average Bonchev–Trinajstić information content (AvgIpc) is 3.08. The summed E-state index contributed by atoms with van der Waals surface area (Å²) in [5.74, 6) is 1.53. The number of nitrogens with zero attached hydrogens (tertiary/aromatic N) is 1.